The molecule has 10 heteroatoms. The van der Waals surface area contributed by atoms with Crippen LogP contribution >= 0.6 is 23.1 Å². The summed E-state index contributed by atoms with van der Waals surface area (Å²) in [4.78, 5) is 14.4. The number of morpholine rings is 1. The van der Waals surface area contributed by atoms with E-state index in [0.29, 0.717) is 31.3 Å². The maximum absolute atomic E-state index is 12.8. The van der Waals surface area contributed by atoms with E-state index in [4.69, 9.17) is 4.74 Å². The van der Waals surface area contributed by atoms with E-state index < -0.39 is 10.0 Å². The molecule has 3 aromatic heterocycles. The van der Waals surface area contributed by atoms with Crippen molar-refractivity contribution in [2.24, 2.45) is 0 Å². The number of pyridine rings is 1. The van der Waals surface area contributed by atoms with E-state index in [-0.39, 0.29) is 4.90 Å². The zero-order chi connectivity index (χ0) is 22.1. The minimum atomic E-state index is -3.57. The SMILES string of the molecule is Cc1ccc(-c2csc3ncnc(Sc4ccc(S(=O)(=O)N5CCOCC5)cn4)c23)cc1. The number of aryl methyl sites for hydroxylation is 1. The molecule has 0 saturated carbocycles. The molecule has 1 aliphatic rings. The number of sulfonamides is 1. The number of aromatic nitrogens is 3. The van der Waals surface area contributed by atoms with Crippen molar-refractivity contribution in [3.8, 4) is 11.1 Å². The van der Waals surface area contributed by atoms with Crippen molar-refractivity contribution >= 4 is 43.3 Å². The summed E-state index contributed by atoms with van der Waals surface area (Å²) < 4.78 is 32.3. The Morgan fingerprint density at radius 1 is 1.03 bits per heavy atom. The third-order valence-electron chi connectivity index (χ3n) is 5.22. The fraction of sp³-hybridized carbons (Fsp3) is 0.227. The van der Waals surface area contributed by atoms with Crippen molar-refractivity contribution in [1.82, 2.24) is 19.3 Å². The summed E-state index contributed by atoms with van der Waals surface area (Å²) in [6.07, 6.45) is 2.97. The summed E-state index contributed by atoms with van der Waals surface area (Å²) in [5, 5.41) is 4.55. The number of hydrogen-bond donors (Lipinski definition) is 0. The van der Waals surface area contributed by atoms with E-state index in [1.807, 2.05) is 0 Å². The Morgan fingerprint density at radius 3 is 2.53 bits per heavy atom. The number of hydrogen-bond acceptors (Lipinski definition) is 8. The standard InChI is InChI=1S/C22H20N4O3S3/c1-15-2-4-16(5-3-15)18-13-30-21-20(18)22(25-14-24-21)31-19-7-6-17(12-23-19)32(27,28)26-8-10-29-11-9-26/h2-7,12-14H,8-11H2,1H3. The highest BCUT2D eigenvalue weighted by Gasteiger charge is 2.26. The van der Waals surface area contributed by atoms with Gasteiger partial charge in [-0.05, 0) is 36.4 Å². The van der Waals surface area contributed by atoms with Crippen molar-refractivity contribution in [2.45, 2.75) is 21.9 Å². The average Bonchev–Trinajstić information content (AvgIpc) is 3.26. The molecule has 4 heterocycles. The molecule has 0 radical (unpaired) electrons. The molecule has 0 amide bonds. The molecule has 0 atom stereocenters. The molecule has 1 fully saturated rings. The fourth-order valence-corrected chi connectivity index (χ4v) is 6.67. The molecule has 0 aliphatic carbocycles. The first-order valence-electron chi connectivity index (χ1n) is 10.0. The second-order valence-electron chi connectivity index (χ2n) is 7.33. The van der Waals surface area contributed by atoms with Crippen molar-refractivity contribution in [1.29, 1.82) is 0 Å². The van der Waals surface area contributed by atoms with E-state index in [0.717, 1.165) is 26.4 Å². The minimum absolute atomic E-state index is 0.187. The van der Waals surface area contributed by atoms with Gasteiger partial charge in [0.2, 0.25) is 10.0 Å². The van der Waals surface area contributed by atoms with Crippen LogP contribution in [0.15, 0.2) is 69.2 Å². The minimum Gasteiger partial charge on any atom is -0.379 e. The van der Waals surface area contributed by atoms with Crippen LogP contribution in [-0.4, -0.2) is 54.0 Å². The highest BCUT2D eigenvalue weighted by atomic mass is 32.2. The van der Waals surface area contributed by atoms with Gasteiger partial charge in [-0.15, -0.1) is 11.3 Å². The zero-order valence-electron chi connectivity index (χ0n) is 17.3. The van der Waals surface area contributed by atoms with E-state index in [1.165, 1.54) is 27.8 Å². The number of ether oxygens (including phenoxy) is 1. The second kappa shape index (κ2) is 8.87. The van der Waals surface area contributed by atoms with Crippen LogP contribution in [0.1, 0.15) is 5.56 Å². The predicted molar refractivity (Wildman–Crippen MR) is 126 cm³/mol. The molecule has 7 nitrogen and oxygen atoms in total. The normalized spacial score (nSPS) is 15.3. The van der Waals surface area contributed by atoms with Gasteiger partial charge in [0.15, 0.2) is 0 Å². The summed E-state index contributed by atoms with van der Waals surface area (Å²) >= 11 is 2.98. The fourth-order valence-electron chi connectivity index (χ4n) is 3.49. The maximum Gasteiger partial charge on any atom is 0.244 e. The van der Waals surface area contributed by atoms with Crippen LogP contribution in [0.5, 0.6) is 0 Å². The lowest BCUT2D eigenvalue weighted by Gasteiger charge is -2.25. The van der Waals surface area contributed by atoms with Crippen LogP contribution in [0, 0.1) is 6.92 Å². The van der Waals surface area contributed by atoms with Gasteiger partial charge >= 0.3 is 0 Å². The predicted octanol–water partition coefficient (Wildman–Crippen LogP) is 4.23. The van der Waals surface area contributed by atoms with Crippen LogP contribution in [0.2, 0.25) is 0 Å². The molecule has 0 N–H and O–H groups in total. The molecular weight excluding hydrogens is 464 g/mol. The van der Waals surface area contributed by atoms with Gasteiger partial charge in [-0.3, -0.25) is 0 Å². The summed E-state index contributed by atoms with van der Waals surface area (Å²) in [7, 11) is -3.57. The van der Waals surface area contributed by atoms with Crippen molar-refractivity contribution in [2.75, 3.05) is 26.3 Å². The van der Waals surface area contributed by atoms with Crippen molar-refractivity contribution in [3.05, 3.63) is 59.9 Å². The quantitative estimate of drug-likeness (QED) is 0.392. The maximum atomic E-state index is 12.8. The molecule has 1 aromatic carbocycles. The highest BCUT2D eigenvalue weighted by molar-refractivity contribution is 7.99. The lowest BCUT2D eigenvalue weighted by molar-refractivity contribution is 0.0730. The van der Waals surface area contributed by atoms with Gasteiger partial charge in [-0.1, -0.05) is 29.8 Å². The third kappa shape index (κ3) is 4.16. The Kier molecular flexibility index (Phi) is 5.95. The Balaban J connectivity index is 1.45. The Hall–Kier alpha value is -2.37. The topological polar surface area (TPSA) is 85.3 Å². The van der Waals surface area contributed by atoms with Gasteiger partial charge in [0, 0.05) is 30.2 Å². The van der Waals surface area contributed by atoms with Crippen LogP contribution in [0.3, 0.4) is 0 Å². The average molecular weight is 485 g/mol. The van der Waals surface area contributed by atoms with E-state index in [1.54, 1.807) is 29.8 Å². The molecule has 164 valence electrons. The smallest absolute Gasteiger partial charge is 0.244 e. The molecular formula is C22H20N4O3S3. The molecule has 0 unspecified atom stereocenters. The number of nitrogens with zero attached hydrogens (tertiary/aromatic N) is 4. The van der Waals surface area contributed by atoms with Gasteiger partial charge in [0.05, 0.1) is 18.6 Å². The van der Waals surface area contributed by atoms with Crippen LogP contribution in [0.4, 0.5) is 0 Å². The summed E-state index contributed by atoms with van der Waals surface area (Å²) in [6.45, 7) is 3.60. The van der Waals surface area contributed by atoms with Gasteiger partial charge in [-0.25, -0.2) is 23.4 Å². The Labute approximate surface area is 194 Å². The van der Waals surface area contributed by atoms with Gasteiger partial charge in [0.1, 0.15) is 26.1 Å². The number of fused-ring (bicyclic) bond motifs is 1. The second-order valence-corrected chi connectivity index (χ2v) is 11.1. The first kappa shape index (κ1) is 21.5. The largest absolute Gasteiger partial charge is 0.379 e. The van der Waals surface area contributed by atoms with Crippen molar-refractivity contribution in [3.63, 3.8) is 0 Å². The van der Waals surface area contributed by atoms with Gasteiger partial charge in [-0.2, -0.15) is 4.31 Å². The van der Waals surface area contributed by atoms with Crippen LogP contribution in [0.25, 0.3) is 21.3 Å². The Bertz CT molecular complexity index is 1350. The lowest BCUT2D eigenvalue weighted by Crippen LogP contribution is -2.40. The molecule has 32 heavy (non-hydrogen) atoms. The number of thiophene rings is 1. The lowest BCUT2D eigenvalue weighted by atomic mass is 10.1. The summed E-state index contributed by atoms with van der Waals surface area (Å²) in [6, 6.07) is 11.7. The molecule has 1 saturated heterocycles. The molecule has 5 rings (SSSR count). The van der Waals surface area contributed by atoms with Crippen LogP contribution < -0.4 is 0 Å². The molecule has 4 aromatic rings. The van der Waals surface area contributed by atoms with Crippen LogP contribution in [-0.2, 0) is 14.8 Å². The highest BCUT2D eigenvalue weighted by Crippen LogP contribution is 2.39. The number of rotatable bonds is 5. The van der Waals surface area contributed by atoms with Gasteiger partial charge in [0.25, 0.3) is 0 Å². The summed E-state index contributed by atoms with van der Waals surface area (Å²) in [5.74, 6) is 0. The first-order chi connectivity index (χ1) is 15.5. The van der Waals surface area contributed by atoms with Gasteiger partial charge < -0.3 is 4.74 Å². The van der Waals surface area contributed by atoms with E-state index in [2.05, 4.69) is 51.5 Å². The van der Waals surface area contributed by atoms with E-state index in [9.17, 15) is 8.42 Å². The Morgan fingerprint density at radius 2 is 1.81 bits per heavy atom. The molecule has 1 aliphatic heterocycles. The third-order valence-corrected chi connectivity index (χ3v) is 8.94. The molecule has 0 bridgehead atoms. The number of benzene rings is 1. The van der Waals surface area contributed by atoms with Crippen molar-refractivity contribution < 1.29 is 13.2 Å². The summed E-state index contributed by atoms with van der Waals surface area (Å²) in [5.41, 5.74) is 3.40. The monoisotopic (exact) mass is 484 g/mol. The first-order valence-corrected chi connectivity index (χ1v) is 13.2. The molecule has 0 spiro atoms. The van der Waals surface area contributed by atoms with E-state index >= 15 is 0 Å². The zero-order valence-corrected chi connectivity index (χ0v) is 19.7.